The summed E-state index contributed by atoms with van der Waals surface area (Å²) < 4.78 is 0. The van der Waals surface area contributed by atoms with Gasteiger partial charge in [-0.15, -0.1) is 0 Å². The van der Waals surface area contributed by atoms with E-state index in [0.717, 1.165) is 19.4 Å². The summed E-state index contributed by atoms with van der Waals surface area (Å²) in [6.45, 7) is 3.88. The minimum atomic E-state index is 0.0444. The number of rotatable bonds is 8. The van der Waals surface area contributed by atoms with E-state index in [1.165, 1.54) is 16.7 Å². The Bertz CT molecular complexity index is 581. The summed E-state index contributed by atoms with van der Waals surface area (Å²) in [5.41, 5.74) is 3.71. The van der Waals surface area contributed by atoms with Gasteiger partial charge in [-0.25, -0.2) is 0 Å². The molecule has 0 saturated heterocycles. The van der Waals surface area contributed by atoms with E-state index in [2.05, 4.69) is 47.9 Å². The third-order valence-electron chi connectivity index (χ3n) is 3.68. The quantitative estimate of drug-likeness (QED) is 0.736. The molecule has 0 spiro atoms. The summed E-state index contributed by atoms with van der Waals surface area (Å²) in [5, 5.41) is 6.14. The van der Waals surface area contributed by atoms with E-state index in [1.54, 1.807) is 0 Å². The molecule has 1 amide bonds. The highest BCUT2D eigenvalue weighted by atomic mass is 16.1. The van der Waals surface area contributed by atoms with E-state index in [9.17, 15) is 4.79 Å². The molecule has 116 valence electrons. The van der Waals surface area contributed by atoms with Gasteiger partial charge in [0.15, 0.2) is 0 Å². The molecule has 0 atom stereocenters. The Hall–Kier alpha value is -2.13. The molecule has 0 aromatic heterocycles. The normalized spacial score (nSPS) is 10.4. The number of carbonyl (C=O) groups excluding carboxylic acids is 1. The highest BCUT2D eigenvalue weighted by Gasteiger charge is 2.02. The Labute approximate surface area is 132 Å². The lowest BCUT2D eigenvalue weighted by Gasteiger charge is -2.08. The smallest absolute Gasteiger partial charge is 0.234 e. The average molecular weight is 296 g/mol. The molecule has 2 N–H and O–H groups in total. The number of benzene rings is 2. The van der Waals surface area contributed by atoms with Crippen molar-refractivity contribution in [2.75, 3.05) is 13.1 Å². The van der Waals surface area contributed by atoms with Crippen molar-refractivity contribution < 1.29 is 4.79 Å². The predicted octanol–water partition coefficient (Wildman–Crippen LogP) is 2.83. The van der Waals surface area contributed by atoms with Crippen LogP contribution in [0.25, 0.3) is 0 Å². The van der Waals surface area contributed by atoms with Crippen LogP contribution in [0, 0.1) is 6.92 Å². The second-order valence-electron chi connectivity index (χ2n) is 5.47. The number of hydrogen-bond donors (Lipinski definition) is 2. The minimum absolute atomic E-state index is 0.0444. The van der Waals surface area contributed by atoms with Crippen LogP contribution in [0.15, 0.2) is 54.6 Å². The van der Waals surface area contributed by atoms with Gasteiger partial charge in [0, 0.05) is 6.54 Å². The number of amides is 1. The highest BCUT2D eigenvalue weighted by molar-refractivity contribution is 5.77. The Morgan fingerprint density at radius 2 is 1.73 bits per heavy atom. The molecule has 2 rings (SSSR count). The van der Waals surface area contributed by atoms with Crippen LogP contribution in [0.1, 0.15) is 23.1 Å². The summed E-state index contributed by atoms with van der Waals surface area (Å²) >= 11 is 0. The third-order valence-corrected chi connectivity index (χ3v) is 3.68. The molecule has 0 aliphatic carbocycles. The first-order valence-corrected chi connectivity index (χ1v) is 7.81. The number of nitrogens with one attached hydrogen (secondary N) is 2. The van der Waals surface area contributed by atoms with Crippen molar-refractivity contribution in [2.24, 2.45) is 0 Å². The Kier molecular flexibility index (Phi) is 6.65. The lowest BCUT2D eigenvalue weighted by atomic mass is 10.1. The van der Waals surface area contributed by atoms with Crippen molar-refractivity contribution in [1.29, 1.82) is 0 Å². The van der Waals surface area contributed by atoms with E-state index < -0.39 is 0 Å². The second-order valence-corrected chi connectivity index (χ2v) is 5.47. The van der Waals surface area contributed by atoms with Crippen molar-refractivity contribution in [3.05, 3.63) is 71.3 Å². The van der Waals surface area contributed by atoms with Crippen LogP contribution >= 0.6 is 0 Å². The van der Waals surface area contributed by atoms with Crippen molar-refractivity contribution in [3.63, 3.8) is 0 Å². The third kappa shape index (κ3) is 5.70. The number of carbonyl (C=O) groups is 1. The molecule has 0 unspecified atom stereocenters. The molecule has 2 aromatic rings. The first-order chi connectivity index (χ1) is 10.8. The SMILES string of the molecule is Cc1ccccc1CNC(=O)CNCCCc1ccccc1. The zero-order valence-electron chi connectivity index (χ0n) is 13.1. The molecule has 0 bridgehead atoms. The van der Waals surface area contributed by atoms with Crippen LogP contribution in [-0.4, -0.2) is 19.0 Å². The fourth-order valence-corrected chi connectivity index (χ4v) is 2.33. The molecule has 0 aliphatic heterocycles. The van der Waals surface area contributed by atoms with Gasteiger partial charge in [-0.05, 0) is 43.0 Å². The van der Waals surface area contributed by atoms with E-state index in [0.29, 0.717) is 13.1 Å². The predicted molar refractivity (Wildman–Crippen MR) is 90.7 cm³/mol. The lowest BCUT2D eigenvalue weighted by molar-refractivity contribution is -0.120. The Morgan fingerprint density at radius 1 is 1.00 bits per heavy atom. The fourth-order valence-electron chi connectivity index (χ4n) is 2.33. The Balaban J connectivity index is 1.57. The van der Waals surface area contributed by atoms with Crippen molar-refractivity contribution in [1.82, 2.24) is 10.6 Å². The maximum absolute atomic E-state index is 11.8. The van der Waals surface area contributed by atoms with Crippen LogP contribution in [0.5, 0.6) is 0 Å². The summed E-state index contributed by atoms with van der Waals surface area (Å²) in [5.74, 6) is 0.0444. The molecular formula is C19H24N2O. The maximum Gasteiger partial charge on any atom is 0.234 e. The summed E-state index contributed by atoms with van der Waals surface area (Å²) in [7, 11) is 0. The zero-order chi connectivity index (χ0) is 15.6. The molecule has 0 saturated carbocycles. The van der Waals surface area contributed by atoms with Gasteiger partial charge in [-0.1, -0.05) is 54.6 Å². The first-order valence-electron chi connectivity index (χ1n) is 7.81. The zero-order valence-corrected chi connectivity index (χ0v) is 13.1. The van der Waals surface area contributed by atoms with Crippen molar-refractivity contribution >= 4 is 5.91 Å². The van der Waals surface area contributed by atoms with Crippen LogP contribution in [0.2, 0.25) is 0 Å². The molecule has 3 nitrogen and oxygen atoms in total. The van der Waals surface area contributed by atoms with Crippen LogP contribution in [-0.2, 0) is 17.8 Å². The van der Waals surface area contributed by atoms with E-state index in [-0.39, 0.29) is 5.91 Å². The topological polar surface area (TPSA) is 41.1 Å². The number of aryl methyl sites for hydroxylation is 2. The highest BCUT2D eigenvalue weighted by Crippen LogP contribution is 2.05. The molecule has 0 radical (unpaired) electrons. The molecule has 3 heteroatoms. The number of hydrogen-bond acceptors (Lipinski definition) is 2. The second kappa shape index (κ2) is 9.00. The van der Waals surface area contributed by atoms with Crippen molar-refractivity contribution in [3.8, 4) is 0 Å². The molecule has 22 heavy (non-hydrogen) atoms. The van der Waals surface area contributed by atoms with Gasteiger partial charge in [-0.2, -0.15) is 0 Å². The molecule has 0 heterocycles. The fraction of sp³-hybridized carbons (Fsp3) is 0.316. The molecule has 2 aromatic carbocycles. The summed E-state index contributed by atoms with van der Waals surface area (Å²) in [6.07, 6.45) is 2.08. The van der Waals surface area contributed by atoms with Gasteiger partial charge < -0.3 is 10.6 Å². The van der Waals surface area contributed by atoms with Crippen LogP contribution in [0.4, 0.5) is 0 Å². The van der Waals surface area contributed by atoms with E-state index in [4.69, 9.17) is 0 Å². The van der Waals surface area contributed by atoms with Gasteiger partial charge in [0.25, 0.3) is 0 Å². The standard InChI is InChI=1S/C19H24N2O/c1-16-8-5-6-12-18(16)14-21-19(22)15-20-13-7-11-17-9-3-2-4-10-17/h2-6,8-10,12,20H,7,11,13-15H2,1H3,(H,21,22). The van der Waals surface area contributed by atoms with Crippen LogP contribution in [0.3, 0.4) is 0 Å². The summed E-state index contributed by atoms with van der Waals surface area (Å²) in [6, 6.07) is 18.5. The van der Waals surface area contributed by atoms with Gasteiger partial charge in [-0.3, -0.25) is 4.79 Å². The summed E-state index contributed by atoms with van der Waals surface area (Å²) in [4.78, 5) is 11.8. The molecule has 0 aliphatic rings. The molecule has 0 fully saturated rings. The minimum Gasteiger partial charge on any atom is -0.351 e. The largest absolute Gasteiger partial charge is 0.351 e. The molecular weight excluding hydrogens is 272 g/mol. The average Bonchev–Trinajstić information content (AvgIpc) is 2.55. The maximum atomic E-state index is 11.8. The van der Waals surface area contributed by atoms with Gasteiger partial charge in [0.2, 0.25) is 5.91 Å². The lowest BCUT2D eigenvalue weighted by Crippen LogP contribution is -2.34. The van der Waals surface area contributed by atoms with Gasteiger partial charge in [0.1, 0.15) is 0 Å². The van der Waals surface area contributed by atoms with Crippen LogP contribution < -0.4 is 10.6 Å². The van der Waals surface area contributed by atoms with E-state index >= 15 is 0 Å². The van der Waals surface area contributed by atoms with Gasteiger partial charge in [0.05, 0.1) is 6.54 Å². The Morgan fingerprint density at radius 3 is 2.50 bits per heavy atom. The monoisotopic (exact) mass is 296 g/mol. The van der Waals surface area contributed by atoms with Gasteiger partial charge >= 0.3 is 0 Å². The first kappa shape index (κ1) is 16.2. The van der Waals surface area contributed by atoms with E-state index in [1.807, 2.05) is 24.3 Å². The van der Waals surface area contributed by atoms with Crippen molar-refractivity contribution in [2.45, 2.75) is 26.3 Å².